The molecule has 0 aromatic rings. The zero-order valence-electron chi connectivity index (χ0n) is 11.3. The van der Waals surface area contributed by atoms with Crippen molar-refractivity contribution in [2.45, 2.75) is 38.1 Å². The number of nitrogens with zero attached hydrogens (tertiary/aromatic N) is 1. The number of esters is 1. The van der Waals surface area contributed by atoms with Crippen LogP contribution in [-0.2, 0) is 19.1 Å². The summed E-state index contributed by atoms with van der Waals surface area (Å²) in [6.07, 6.45) is 4.79. The summed E-state index contributed by atoms with van der Waals surface area (Å²) in [7, 11) is 1.25. The van der Waals surface area contributed by atoms with Crippen LogP contribution >= 0.6 is 0 Å². The third kappa shape index (κ3) is 5.64. The Labute approximate surface area is 116 Å². The number of carboxylic acids is 1. The van der Waals surface area contributed by atoms with E-state index in [1.54, 1.807) is 6.21 Å². The Morgan fingerprint density at radius 1 is 1.45 bits per heavy atom. The molecule has 110 valence electrons. The van der Waals surface area contributed by atoms with Crippen molar-refractivity contribution in [2.75, 3.05) is 7.11 Å². The molecule has 20 heavy (non-hydrogen) atoms. The second-order valence-electron chi connectivity index (χ2n) is 4.34. The third-order valence-corrected chi connectivity index (χ3v) is 2.74. The summed E-state index contributed by atoms with van der Waals surface area (Å²) in [6.45, 7) is 0. The van der Waals surface area contributed by atoms with Gasteiger partial charge in [-0.3, -0.25) is 14.6 Å². The second-order valence-corrected chi connectivity index (χ2v) is 4.34. The van der Waals surface area contributed by atoms with Crippen molar-refractivity contribution in [3.63, 3.8) is 0 Å². The molecule has 1 unspecified atom stereocenters. The Balaban J connectivity index is 2.47. The van der Waals surface area contributed by atoms with Crippen LogP contribution in [0.1, 0.15) is 32.1 Å². The fraction of sp³-hybridized carbons (Fsp3) is 0.538. The highest BCUT2D eigenvalue weighted by Gasteiger charge is 2.23. The van der Waals surface area contributed by atoms with Crippen molar-refractivity contribution in [1.29, 1.82) is 0 Å². The maximum absolute atomic E-state index is 11.7. The molecule has 1 aliphatic heterocycles. The maximum atomic E-state index is 11.7. The summed E-state index contributed by atoms with van der Waals surface area (Å²) < 4.78 is 4.64. The number of aliphatic carboxylic acids is 1. The van der Waals surface area contributed by atoms with Gasteiger partial charge >= 0.3 is 11.9 Å². The average Bonchev–Trinajstić information content (AvgIpc) is 2.89. The van der Waals surface area contributed by atoms with Crippen molar-refractivity contribution in [1.82, 2.24) is 5.32 Å². The predicted molar refractivity (Wildman–Crippen MR) is 71.2 cm³/mol. The number of nitrogens with one attached hydrogen (secondary N) is 1. The molecule has 0 radical (unpaired) electrons. The van der Waals surface area contributed by atoms with Gasteiger partial charge < -0.3 is 15.2 Å². The lowest BCUT2D eigenvalue weighted by Crippen LogP contribution is -2.41. The molecule has 0 aromatic heterocycles. The van der Waals surface area contributed by atoms with Crippen LogP contribution in [0.2, 0.25) is 0 Å². The third-order valence-electron chi connectivity index (χ3n) is 2.74. The van der Waals surface area contributed by atoms with Gasteiger partial charge in [-0.15, -0.1) is 0 Å². The van der Waals surface area contributed by atoms with Gasteiger partial charge in [0.15, 0.2) is 0 Å². The lowest BCUT2D eigenvalue weighted by atomic mass is 10.1. The van der Waals surface area contributed by atoms with Gasteiger partial charge in [-0.1, -0.05) is 6.08 Å². The minimum Gasteiger partial charge on any atom is -0.481 e. The summed E-state index contributed by atoms with van der Waals surface area (Å²) in [4.78, 5) is 37.7. The Morgan fingerprint density at radius 2 is 2.20 bits per heavy atom. The van der Waals surface area contributed by atoms with Crippen molar-refractivity contribution < 1.29 is 24.2 Å². The monoisotopic (exact) mass is 282 g/mol. The maximum Gasteiger partial charge on any atom is 0.328 e. The fourth-order valence-corrected chi connectivity index (χ4v) is 1.76. The molecule has 1 heterocycles. The van der Waals surface area contributed by atoms with E-state index in [1.165, 1.54) is 7.11 Å². The standard InChI is InChI=1S/C13H18N2O5/c1-20-13(19)10(8-9-4-3-7-14-9)15-11(16)5-2-6-12(17)18/h4,7,10H,2-3,5-6,8H2,1H3,(H,15,16)(H,17,18). The Bertz CT molecular complexity index is 442. The number of carbonyl (C=O) groups is 3. The van der Waals surface area contributed by atoms with Crippen LogP contribution in [0.3, 0.4) is 0 Å². The van der Waals surface area contributed by atoms with E-state index in [9.17, 15) is 14.4 Å². The minimum atomic E-state index is -0.951. The summed E-state index contributed by atoms with van der Waals surface area (Å²) in [5, 5.41) is 11.0. The molecular weight excluding hydrogens is 264 g/mol. The molecule has 1 aliphatic rings. The zero-order chi connectivity index (χ0) is 15.0. The van der Waals surface area contributed by atoms with Crippen LogP contribution in [-0.4, -0.2) is 42.3 Å². The van der Waals surface area contributed by atoms with E-state index in [2.05, 4.69) is 15.0 Å². The van der Waals surface area contributed by atoms with Gasteiger partial charge in [-0.2, -0.15) is 0 Å². The van der Waals surface area contributed by atoms with Gasteiger partial charge in [0.25, 0.3) is 0 Å². The van der Waals surface area contributed by atoms with Crippen LogP contribution in [0.4, 0.5) is 0 Å². The Hall–Kier alpha value is -2.18. The summed E-state index contributed by atoms with van der Waals surface area (Å²) in [5.74, 6) is -1.86. The van der Waals surface area contributed by atoms with E-state index in [0.717, 1.165) is 12.1 Å². The molecule has 0 aliphatic carbocycles. The summed E-state index contributed by atoms with van der Waals surface area (Å²) in [6, 6.07) is -0.793. The SMILES string of the molecule is COC(=O)C(CC1=CCC=N1)NC(=O)CCCC(=O)O. The van der Waals surface area contributed by atoms with Crippen LogP contribution < -0.4 is 5.32 Å². The van der Waals surface area contributed by atoms with Gasteiger partial charge in [0.05, 0.1) is 7.11 Å². The topological polar surface area (TPSA) is 105 Å². The second kappa shape index (κ2) is 8.08. The highest BCUT2D eigenvalue weighted by Crippen LogP contribution is 2.13. The first-order chi connectivity index (χ1) is 9.52. The lowest BCUT2D eigenvalue weighted by Gasteiger charge is -2.16. The minimum absolute atomic E-state index is 0.0576. The predicted octanol–water partition coefficient (Wildman–Crippen LogP) is 0.648. The molecule has 0 saturated heterocycles. The van der Waals surface area contributed by atoms with E-state index in [-0.39, 0.29) is 31.6 Å². The van der Waals surface area contributed by atoms with Crippen LogP contribution in [0.15, 0.2) is 16.8 Å². The molecular formula is C13H18N2O5. The lowest BCUT2D eigenvalue weighted by molar-refractivity contribution is -0.145. The number of hydrogen-bond acceptors (Lipinski definition) is 5. The van der Waals surface area contributed by atoms with E-state index in [1.807, 2.05) is 6.08 Å². The van der Waals surface area contributed by atoms with Gasteiger partial charge in [0, 0.05) is 37.6 Å². The highest BCUT2D eigenvalue weighted by atomic mass is 16.5. The normalized spacial score (nSPS) is 14.6. The van der Waals surface area contributed by atoms with E-state index < -0.39 is 18.0 Å². The van der Waals surface area contributed by atoms with E-state index >= 15 is 0 Å². The molecule has 0 fully saturated rings. The molecule has 1 rings (SSSR count). The summed E-state index contributed by atoms with van der Waals surface area (Å²) in [5.41, 5.74) is 0.728. The molecule has 2 N–H and O–H groups in total. The van der Waals surface area contributed by atoms with E-state index in [4.69, 9.17) is 5.11 Å². The van der Waals surface area contributed by atoms with Crippen molar-refractivity contribution >= 4 is 24.1 Å². The number of aliphatic imine (C=N–C) groups is 1. The first-order valence-electron chi connectivity index (χ1n) is 6.33. The number of carboxylic acid groups (broad SMARTS) is 1. The number of hydrogen-bond donors (Lipinski definition) is 2. The fourth-order valence-electron chi connectivity index (χ4n) is 1.76. The number of methoxy groups -OCH3 is 1. The molecule has 0 saturated carbocycles. The van der Waals surface area contributed by atoms with Gasteiger partial charge in [0.2, 0.25) is 5.91 Å². The van der Waals surface area contributed by atoms with Crippen molar-refractivity contribution in [2.24, 2.45) is 4.99 Å². The van der Waals surface area contributed by atoms with Crippen LogP contribution in [0.25, 0.3) is 0 Å². The first-order valence-corrected chi connectivity index (χ1v) is 6.33. The van der Waals surface area contributed by atoms with E-state index in [0.29, 0.717) is 0 Å². The number of amides is 1. The van der Waals surface area contributed by atoms with Crippen molar-refractivity contribution in [3.05, 3.63) is 11.8 Å². The molecule has 1 atom stereocenters. The summed E-state index contributed by atoms with van der Waals surface area (Å²) >= 11 is 0. The van der Waals surface area contributed by atoms with Gasteiger partial charge in [0.1, 0.15) is 6.04 Å². The van der Waals surface area contributed by atoms with Crippen LogP contribution in [0.5, 0.6) is 0 Å². The average molecular weight is 282 g/mol. The van der Waals surface area contributed by atoms with Crippen molar-refractivity contribution in [3.8, 4) is 0 Å². The van der Waals surface area contributed by atoms with Gasteiger partial charge in [-0.05, 0) is 6.42 Å². The number of allylic oxidation sites excluding steroid dienone is 1. The Kier molecular flexibility index (Phi) is 6.42. The zero-order valence-corrected chi connectivity index (χ0v) is 11.3. The van der Waals surface area contributed by atoms with Crippen LogP contribution in [0, 0.1) is 0 Å². The molecule has 0 bridgehead atoms. The molecule has 7 heteroatoms. The molecule has 7 nitrogen and oxygen atoms in total. The number of carbonyl (C=O) groups excluding carboxylic acids is 2. The largest absolute Gasteiger partial charge is 0.481 e. The smallest absolute Gasteiger partial charge is 0.328 e. The molecule has 0 spiro atoms. The molecule has 1 amide bonds. The van der Waals surface area contributed by atoms with Gasteiger partial charge in [-0.25, -0.2) is 4.79 Å². The first kappa shape index (κ1) is 15.9. The number of rotatable bonds is 8. The molecule has 0 aromatic carbocycles. The number of ether oxygens (including phenoxy) is 1. The highest BCUT2D eigenvalue weighted by molar-refractivity contribution is 5.85. The quantitative estimate of drug-likeness (QED) is 0.636. The Morgan fingerprint density at radius 3 is 2.75 bits per heavy atom.